The Kier molecular flexibility index (Phi) is 7.64. The van der Waals surface area contributed by atoms with E-state index in [-0.39, 0.29) is 36.5 Å². The number of ether oxygens (including phenoxy) is 4. The van der Waals surface area contributed by atoms with Crippen molar-refractivity contribution in [3.63, 3.8) is 0 Å². The molecule has 0 spiro atoms. The number of hydrogen-bond donors (Lipinski definition) is 0. The van der Waals surface area contributed by atoms with E-state index < -0.39 is 0 Å². The zero-order chi connectivity index (χ0) is 42.4. The zero-order valence-electron chi connectivity index (χ0n) is 36.6. The van der Waals surface area contributed by atoms with Gasteiger partial charge in [0.15, 0.2) is 23.0 Å². The van der Waals surface area contributed by atoms with Crippen molar-refractivity contribution in [1.29, 1.82) is 0 Å². The molecule has 0 saturated heterocycles. The van der Waals surface area contributed by atoms with Gasteiger partial charge in [-0.3, -0.25) is 0 Å². The SMILES string of the molecule is CC(C)(C)c1ccc2c(c1)B1c3cc(C(C)(C)C)ccc3N(c3ccc4c(c3)OCO4)c3cc(-c4ccc5c(c4)C(C)(C)c4ccccc4-5)cc(c31)N2c1ccc2c(c1)OCO2. The third-order valence-corrected chi connectivity index (χ3v) is 13.9. The van der Waals surface area contributed by atoms with E-state index in [1.165, 1.54) is 55.3 Å². The van der Waals surface area contributed by atoms with Crippen molar-refractivity contribution in [2.75, 3.05) is 23.4 Å². The second-order valence-corrected chi connectivity index (χ2v) is 20.1. The van der Waals surface area contributed by atoms with Crippen LogP contribution in [0.1, 0.15) is 77.6 Å². The van der Waals surface area contributed by atoms with Gasteiger partial charge in [0.25, 0.3) is 6.71 Å². The Balaban J connectivity index is 1.18. The molecule has 0 aromatic heterocycles. The first-order chi connectivity index (χ1) is 29.7. The highest BCUT2D eigenvalue weighted by Gasteiger charge is 2.45. The summed E-state index contributed by atoms with van der Waals surface area (Å²) in [5.74, 6) is 3.04. The van der Waals surface area contributed by atoms with Crippen molar-refractivity contribution in [1.82, 2.24) is 0 Å². The fourth-order valence-corrected chi connectivity index (χ4v) is 10.6. The molecule has 4 heterocycles. The van der Waals surface area contributed by atoms with E-state index >= 15 is 0 Å². The fourth-order valence-electron chi connectivity index (χ4n) is 10.6. The minimum atomic E-state index is -0.139. The van der Waals surface area contributed by atoms with Gasteiger partial charge in [0.05, 0.1) is 11.4 Å². The van der Waals surface area contributed by atoms with E-state index in [9.17, 15) is 0 Å². The Labute approximate surface area is 364 Å². The van der Waals surface area contributed by atoms with Crippen molar-refractivity contribution in [2.24, 2.45) is 0 Å². The zero-order valence-corrected chi connectivity index (χ0v) is 36.6. The van der Waals surface area contributed by atoms with Gasteiger partial charge in [-0.1, -0.05) is 116 Å². The molecule has 6 nitrogen and oxygen atoms in total. The van der Waals surface area contributed by atoms with Gasteiger partial charge in [-0.25, -0.2) is 0 Å². The summed E-state index contributed by atoms with van der Waals surface area (Å²) < 4.78 is 23.8. The standard InChI is InChI=1S/C55H49BN2O4/c1-53(2,3)34-14-19-44-42(26-34)56-43-27-35(54(4,5)6)15-20-45(43)58(37-17-22-49-51(29-37)62-31-60-49)47-25-33(24-46(52(47)56)57(44)36-16-21-48-50(28-36)61-30-59-48)32-13-18-39-38-11-9-10-12-40(38)55(7,8)41(39)23-32/h9-29H,30-31H2,1-8H3. The van der Waals surface area contributed by atoms with Gasteiger partial charge in [0.2, 0.25) is 13.6 Å². The summed E-state index contributed by atoms with van der Waals surface area (Å²) in [6.45, 7) is 19.0. The van der Waals surface area contributed by atoms with Gasteiger partial charge in [-0.2, -0.15) is 0 Å². The maximum absolute atomic E-state index is 6.05. The highest BCUT2D eigenvalue weighted by molar-refractivity contribution is 7.00. The minimum absolute atomic E-state index is 0.0485. The molecule has 7 aromatic carbocycles. The maximum Gasteiger partial charge on any atom is 0.252 e. The number of rotatable bonds is 3. The molecule has 0 N–H and O–H groups in total. The first-order valence-corrected chi connectivity index (χ1v) is 21.9. The highest BCUT2D eigenvalue weighted by atomic mass is 16.7. The monoisotopic (exact) mass is 812 g/mol. The van der Waals surface area contributed by atoms with Crippen LogP contribution >= 0.6 is 0 Å². The van der Waals surface area contributed by atoms with Crippen molar-refractivity contribution in [2.45, 2.75) is 71.6 Å². The second-order valence-electron chi connectivity index (χ2n) is 20.1. The molecule has 1 aliphatic carbocycles. The van der Waals surface area contributed by atoms with Crippen LogP contribution in [0.4, 0.5) is 34.1 Å². The maximum atomic E-state index is 6.05. The summed E-state index contributed by atoms with van der Waals surface area (Å²) in [6.07, 6.45) is 0. The van der Waals surface area contributed by atoms with Crippen LogP contribution in [-0.2, 0) is 16.2 Å². The van der Waals surface area contributed by atoms with Crippen LogP contribution in [0.15, 0.2) is 127 Å². The molecule has 306 valence electrons. The summed E-state index contributed by atoms with van der Waals surface area (Å²) in [5.41, 5.74) is 20.5. The largest absolute Gasteiger partial charge is 0.454 e. The average Bonchev–Trinajstić information content (AvgIpc) is 3.99. The molecular formula is C55H49BN2O4. The molecule has 0 amide bonds. The molecule has 62 heavy (non-hydrogen) atoms. The van der Waals surface area contributed by atoms with E-state index in [2.05, 4.69) is 180 Å². The topological polar surface area (TPSA) is 43.4 Å². The highest BCUT2D eigenvalue weighted by Crippen LogP contribution is 2.52. The third-order valence-electron chi connectivity index (χ3n) is 13.9. The molecule has 12 rings (SSSR count). The van der Waals surface area contributed by atoms with Crippen LogP contribution in [0.2, 0.25) is 0 Å². The lowest BCUT2D eigenvalue weighted by Gasteiger charge is -2.45. The number of anilines is 6. The first kappa shape index (κ1) is 37.2. The Morgan fingerprint density at radius 3 is 1.53 bits per heavy atom. The average molecular weight is 813 g/mol. The van der Waals surface area contributed by atoms with Crippen LogP contribution < -0.4 is 45.1 Å². The van der Waals surface area contributed by atoms with Crippen molar-refractivity contribution < 1.29 is 18.9 Å². The van der Waals surface area contributed by atoms with Crippen LogP contribution in [0, 0.1) is 0 Å². The summed E-state index contributed by atoms with van der Waals surface area (Å²) in [4.78, 5) is 4.93. The molecule has 0 unspecified atom stereocenters. The summed E-state index contributed by atoms with van der Waals surface area (Å²) in [5, 5.41) is 0. The normalized spacial score (nSPS) is 15.8. The molecule has 0 fully saturated rings. The number of fused-ring (bicyclic) bond motifs is 9. The van der Waals surface area contributed by atoms with Gasteiger partial charge in [0.1, 0.15) is 0 Å². The van der Waals surface area contributed by atoms with Crippen LogP contribution in [0.25, 0.3) is 22.3 Å². The lowest BCUT2D eigenvalue weighted by Crippen LogP contribution is -2.61. The second kappa shape index (κ2) is 12.7. The number of nitrogens with zero attached hydrogens (tertiary/aromatic N) is 2. The Bertz CT molecular complexity index is 2920. The van der Waals surface area contributed by atoms with E-state index in [1.54, 1.807) is 0 Å². The Hall–Kier alpha value is -6.60. The summed E-state index contributed by atoms with van der Waals surface area (Å²) in [6, 6.07) is 47.9. The van der Waals surface area contributed by atoms with E-state index in [4.69, 9.17) is 18.9 Å². The van der Waals surface area contributed by atoms with Gasteiger partial charge in [0, 0.05) is 40.3 Å². The summed E-state index contributed by atoms with van der Waals surface area (Å²) in [7, 11) is 0. The molecule has 0 saturated carbocycles. The van der Waals surface area contributed by atoms with E-state index in [0.29, 0.717) is 0 Å². The van der Waals surface area contributed by atoms with Gasteiger partial charge >= 0.3 is 0 Å². The fraction of sp³-hybridized carbons (Fsp3) is 0.236. The van der Waals surface area contributed by atoms with Crippen LogP contribution in [-0.4, -0.2) is 20.3 Å². The van der Waals surface area contributed by atoms with E-state index in [1.807, 2.05) is 12.1 Å². The Morgan fingerprint density at radius 2 is 0.984 bits per heavy atom. The van der Waals surface area contributed by atoms with Crippen LogP contribution in [0.3, 0.4) is 0 Å². The first-order valence-electron chi connectivity index (χ1n) is 21.9. The molecule has 0 radical (unpaired) electrons. The molecule has 5 aliphatic rings. The Morgan fingerprint density at radius 1 is 0.468 bits per heavy atom. The molecular weight excluding hydrogens is 763 g/mol. The van der Waals surface area contributed by atoms with Crippen molar-refractivity contribution >= 4 is 57.2 Å². The minimum Gasteiger partial charge on any atom is -0.454 e. The number of hydrogen-bond acceptors (Lipinski definition) is 6. The van der Waals surface area contributed by atoms with E-state index in [0.717, 1.165) is 62.7 Å². The molecule has 7 aromatic rings. The molecule has 7 heteroatoms. The van der Waals surface area contributed by atoms with Gasteiger partial charge in [-0.05, 0) is 126 Å². The third kappa shape index (κ3) is 5.36. The predicted octanol–water partition coefficient (Wildman–Crippen LogP) is 11.8. The molecule has 4 aliphatic heterocycles. The molecule has 0 bridgehead atoms. The van der Waals surface area contributed by atoms with Crippen molar-refractivity contribution in [3.05, 3.63) is 150 Å². The predicted molar refractivity (Wildman–Crippen MR) is 253 cm³/mol. The smallest absolute Gasteiger partial charge is 0.252 e. The molecule has 0 atom stereocenters. The van der Waals surface area contributed by atoms with Gasteiger partial charge < -0.3 is 28.7 Å². The quantitative estimate of drug-likeness (QED) is 0.166. The van der Waals surface area contributed by atoms with Gasteiger partial charge in [-0.15, -0.1) is 0 Å². The summed E-state index contributed by atoms with van der Waals surface area (Å²) >= 11 is 0. The number of benzene rings is 7. The van der Waals surface area contributed by atoms with Crippen molar-refractivity contribution in [3.8, 4) is 45.3 Å². The van der Waals surface area contributed by atoms with Crippen LogP contribution in [0.5, 0.6) is 23.0 Å². The lowest BCUT2D eigenvalue weighted by molar-refractivity contribution is 0.173. The lowest BCUT2D eigenvalue weighted by atomic mass is 9.33.